The second-order valence-electron chi connectivity index (χ2n) is 4.66. The Balaban J connectivity index is 1.90. The molecule has 0 bridgehead atoms. The van der Waals surface area contributed by atoms with E-state index in [1.807, 2.05) is 0 Å². The van der Waals surface area contributed by atoms with Gasteiger partial charge in [-0.15, -0.1) is 0 Å². The Bertz CT molecular complexity index is 834. The molecular weight excluding hydrogens is 312 g/mol. The fraction of sp³-hybridized carbons (Fsp3) is 0.0714. The largest absolute Gasteiger partial charge is 0.326 e. The summed E-state index contributed by atoms with van der Waals surface area (Å²) in [5.74, 6) is -0.0974. The maximum absolute atomic E-state index is 12.3. The highest BCUT2D eigenvalue weighted by Crippen LogP contribution is 2.27. The van der Waals surface area contributed by atoms with E-state index in [1.165, 1.54) is 12.1 Å². The van der Waals surface area contributed by atoms with E-state index < -0.39 is 10.0 Å². The van der Waals surface area contributed by atoms with E-state index in [0.717, 1.165) is 5.56 Å². The maximum atomic E-state index is 12.3. The summed E-state index contributed by atoms with van der Waals surface area (Å²) in [7, 11) is -3.71. The third-order valence-electron chi connectivity index (χ3n) is 3.09. The Morgan fingerprint density at radius 2 is 1.95 bits per heavy atom. The molecule has 0 unspecified atom stereocenters. The fourth-order valence-corrected chi connectivity index (χ4v) is 3.49. The number of anilines is 2. The number of fused-ring (bicyclic) bond motifs is 1. The lowest BCUT2D eigenvalue weighted by Crippen LogP contribution is -2.12. The summed E-state index contributed by atoms with van der Waals surface area (Å²) in [5, 5.41) is 3.04. The molecule has 0 saturated heterocycles. The van der Waals surface area contributed by atoms with Gasteiger partial charge in [-0.05, 0) is 42.0 Å². The van der Waals surface area contributed by atoms with Gasteiger partial charge >= 0.3 is 0 Å². The van der Waals surface area contributed by atoms with Crippen LogP contribution in [0.1, 0.15) is 5.56 Å². The molecule has 0 aromatic heterocycles. The topological polar surface area (TPSA) is 75.3 Å². The van der Waals surface area contributed by atoms with Crippen LogP contribution in [0.3, 0.4) is 0 Å². The van der Waals surface area contributed by atoms with E-state index in [-0.39, 0.29) is 17.2 Å². The zero-order valence-corrected chi connectivity index (χ0v) is 12.3. The first kappa shape index (κ1) is 13.9. The number of rotatable bonds is 3. The monoisotopic (exact) mass is 322 g/mol. The predicted octanol–water partition coefficient (Wildman–Crippen LogP) is 2.64. The molecule has 0 spiro atoms. The Morgan fingerprint density at radius 3 is 2.71 bits per heavy atom. The van der Waals surface area contributed by atoms with Gasteiger partial charge in [0, 0.05) is 16.4 Å². The van der Waals surface area contributed by atoms with Crippen LogP contribution in [0.2, 0.25) is 5.02 Å². The molecule has 0 saturated carbocycles. The standard InChI is InChI=1S/C14H11ClN2O3S/c15-10-2-1-3-12(8-10)21(19,20)17-11-4-5-13-9(6-11)7-14(18)16-13/h1-6,8,17H,7H2,(H,16,18). The summed E-state index contributed by atoms with van der Waals surface area (Å²) in [4.78, 5) is 11.4. The molecule has 2 aromatic carbocycles. The highest BCUT2D eigenvalue weighted by molar-refractivity contribution is 7.92. The van der Waals surface area contributed by atoms with E-state index in [1.54, 1.807) is 30.3 Å². The molecule has 0 atom stereocenters. The minimum atomic E-state index is -3.71. The van der Waals surface area contributed by atoms with Crippen molar-refractivity contribution in [1.82, 2.24) is 0 Å². The van der Waals surface area contributed by atoms with Crippen LogP contribution in [0.5, 0.6) is 0 Å². The molecule has 1 amide bonds. The van der Waals surface area contributed by atoms with Crippen molar-refractivity contribution in [2.75, 3.05) is 10.0 Å². The number of amides is 1. The van der Waals surface area contributed by atoms with Gasteiger partial charge in [0.15, 0.2) is 0 Å². The number of benzene rings is 2. The third kappa shape index (κ3) is 2.86. The molecule has 108 valence electrons. The average Bonchev–Trinajstić information content (AvgIpc) is 2.77. The average molecular weight is 323 g/mol. The van der Waals surface area contributed by atoms with Crippen molar-refractivity contribution < 1.29 is 13.2 Å². The summed E-state index contributed by atoms with van der Waals surface area (Å²) in [6, 6.07) is 10.9. The molecule has 3 rings (SSSR count). The zero-order chi connectivity index (χ0) is 15.0. The first-order valence-corrected chi connectivity index (χ1v) is 8.01. The number of hydrogen-bond donors (Lipinski definition) is 2. The van der Waals surface area contributed by atoms with Gasteiger partial charge in [-0.25, -0.2) is 8.42 Å². The summed E-state index contributed by atoms with van der Waals surface area (Å²) < 4.78 is 27.0. The van der Waals surface area contributed by atoms with Crippen molar-refractivity contribution >= 4 is 38.9 Å². The van der Waals surface area contributed by atoms with Gasteiger partial charge in [0.05, 0.1) is 11.3 Å². The van der Waals surface area contributed by atoms with Crippen molar-refractivity contribution in [3.05, 3.63) is 53.1 Å². The lowest BCUT2D eigenvalue weighted by molar-refractivity contribution is -0.115. The highest BCUT2D eigenvalue weighted by atomic mass is 35.5. The summed E-state index contributed by atoms with van der Waals surface area (Å²) in [6.07, 6.45) is 0.252. The molecular formula is C14H11ClN2O3S. The second kappa shape index (κ2) is 5.05. The molecule has 1 heterocycles. The Hall–Kier alpha value is -2.05. The van der Waals surface area contributed by atoms with Gasteiger partial charge in [0.1, 0.15) is 0 Å². The van der Waals surface area contributed by atoms with Gasteiger partial charge in [0.2, 0.25) is 5.91 Å². The van der Waals surface area contributed by atoms with Crippen LogP contribution in [0.25, 0.3) is 0 Å². The lowest BCUT2D eigenvalue weighted by Gasteiger charge is -2.09. The van der Waals surface area contributed by atoms with Gasteiger partial charge in [0.25, 0.3) is 10.0 Å². The number of nitrogens with one attached hydrogen (secondary N) is 2. The molecule has 2 N–H and O–H groups in total. The Labute approximate surface area is 127 Å². The molecule has 0 aliphatic carbocycles. The molecule has 21 heavy (non-hydrogen) atoms. The van der Waals surface area contributed by atoms with Gasteiger partial charge in [-0.2, -0.15) is 0 Å². The van der Waals surface area contributed by atoms with Crippen molar-refractivity contribution in [2.24, 2.45) is 0 Å². The lowest BCUT2D eigenvalue weighted by atomic mass is 10.1. The minimum absolute atomic E-state index is 0.0877. The number of sulfonamides is 1. The van der Waals surface area contributed by atoms with E-state index in [0.29, 0.717) is 16.4 Å². The van der Waals surface area contributed by atoms with Crippen molar-refractivity contribution in [3.63, 3.8) is 0 Å². The van der Waals surface area contributed by atoms with Gasteiger partial charge in [-0.3, -0.25) is 9.52 Å². The molecule has 1 aliphatic rings. The first-order chi connectivity index (χ1) is 9.94. The molecule has 2 aromatic rings. The second-order valence-corrected chi connectivity index (χ2v) is 6.78. The van der Waals surface area contributed by atoms with Crippen LogP contribution < -0.4 is 10.0 Å². The Morgan fingerprint density at radius 1 is 1.14 bits per heavy atom. The van der Waals surface area contributed by atoms with Crippen molar-refractivity contribution in [1.29, 1.82) is 0 Å². The molecule has 0 fully saturated rings. The molecule has 1 aliphatic heterocycles. The van der Waals surface area contributed by atoms with Crippen LogP contribution in [-0.2, 0) is 21.2 Å². The van der Waals surface area contributed by atoms with Crippen LogP contribution in [0, 0.1) is 0 Å². The van der Waals surface area contributed by atoms with Crippen molar-refractivity contribution in [2.45, 2.75) is 11.3 Å². The SMILES string of the molecule is O=C1Cc2cc(NS(=O)(=O)c3cccc(Cl)c3)ccc2N1. The quantitative estimate of drug-likeness (QED) is 0.912. The Kier molecular flexibility index (Phi) is 3.35. The highest BCUT2D eigenvalue weighted by Gasteiger charge is 2.19. The van der Waals surface area contributed by atoms with Gasteiger partial charge in [-0.1, -0.05) is 17.7 Å². The van der Waals surface area contributed by atoms with E-state index in [9.17, 15) is 13.2 Å². The molecule has 0 radical (unpaired) electrons. The number of hydrogen-bond acceptors (Lipinski definition) is 3. The smallest absolute Gasteiger partial charge is 0.261 e. The van der Waals surface area contributed by atoms with Crippen LogP contribution in [-0.4, -0.2) is 14.3 Å². The summed E-state index contributed by atoms with van der Waals surface area (Å²) >= 11 is 5.81. The minimum Gasteiger partial charge on any atom is -0.326 e. The van der Waals surface area contributed by atoms with Gasteiger partial charge < -0.3 is 5.32 Å². The summed E-state index contributed by atoms with van der Waals surface area (Å²) in [5.41, 5.74) is 1.89. The van der Waals surface area contributed by atoms with E-state index in [2.05, 4.69) is 10.0 Å². The van der Waals surface area contributed by atoms with Crippen LogP contribution in [0.4, 0.5) is 11.4 Å². The predicted molar refractivity (Wildman–Crippen MR) is 81.0 cm³/mol. The van der Waals surface area contributed by atoms with Crippen molar-refractivity contribution in [3.8, 4) is 0 Å². The number of carbonyl (C=O) groups is 1. The van der Waals surface area contributed by atoms with E-state index in [4.69, 9.17) is 11.6 Å². The summed E-state index contributed by atoms with van der Waals surface area (Å²) in [6.45, 7) is 0. The fourth-order valence-electron chi connectivity index (χ4n) is 2.14. The normalized spacial score (nSPS) is 13.7. The van der Waals surface area contributed by atoms with Crippen LogP contribution in [0.15, 0.2) is 47.4 Å². The first-order valence-electron chi connectivity index (χ1n) is 6.15. The third-order valence-corrected chi connectivity index (χ3v) is 4.70. The zero-order valence-electron chi connectivity index (χ0n) is 10.8. The van der Waals surface area contributed by atoms with E-state index >= 15 is 0 Å². The molecule has 7 heteroatoms. The molecule has 5 nitrogen and oxygen atoms in total. The number of carbonyl (C=O) groups excluding carboxylic acids is 1. The van der Waals surface area contributed by atoms with Crippen LogP contribution >= 0.6 is 11.6 Å². The number of halogens is 1. The maximum Gasteiger partial charge on any atom is 0.261 e.